The van der Waals surface area contributed by atoms with Gasteiger partial charge in [0.1, 0.15) is 6.10 Å². The first-order valence-electron chi connectivity index (χ1n) is 12.9. The maximum absolute atomic E-state index is 13.1. The molecule has 0 saturated heterocycles. The van der Waals surface area contributed by atoms with Crippen LogP contribution in [0.5, 0.6) is 0 Å². The number of hydrogen-bond acceptors (Lipinski definition) is 5. The van der Waals surface area contributed by atoms with Gasteiger partial charge in [0.25, 0.3) is 5.91 Å². The van der Waals surface area contributed by atoms with Crippen molar-refractivity contribution < 1.29 is 14.3 Å². The van der Waals surface area contributed by atoms with Crippen molar-refractivity contribution in [3.8, 4) is 0 Å². The number of carbonyl (C=O) groups is 1. The molecule has 3 N–H and O–H groups in total. The van der Waals surface area contributed by atoms with Crippen LogP contribution in [0.4, 0.5) is 0 Å². The van der Waals surface area contributed by atoms with E-state index in [0.717, 1.165) is 23.5 Å². The second-order valence-corrected chi connectivity index (χ2v) is 9.86. The summed E-state index contributed by atoms with van der Waals surface area (Å²) in [6.07, 6.45) is 7.34. The van der Waals surface area contributed by atoms with Crippen molar-refractivity contribution in [2.75, 3.05) is 33.9 Å². The minimum absolute atomic E-state index is 0.0800. The predicted molar refractivity (Wildman–Crippen MR) is 146 cm³/mol. The molecule has 0 spiro atoms. The third kappa shape index (κ3) is 8.84. The molecule has 2 aromatic rings. The fourth-order valence-electron chi connectivity index (χ4n) is 4.78. The van der Waals surface area contributed by atoms with Crippen molar-refractivity contribution in [2.45, 2.75) is 50.7 Å². The number of halogens is 1. The Kier molecular flexibility index (Phi) is 11.6. The zero-order valence-electron chi connectivity index (χ0n) is 21.5. The van der Waals surface area contributed by atoms with Crippen LogP contribution >= 0.6 is 11.6 Å². The molecule has 0 bridgehead atoms. The number of carbonyl (C=O) groups excluding carboxylic acids is 1. The molecule has 7 heteroatoms. The molecule has 2 atom stereocenters. The third-order valence-electron chi connectivity index (χ3n) is 6.82. The number of ether oxygens (including phenoxy) is 2. The lowest BCUT2D eigenvalue weighted by Gasteiger charge is -2.26. The molecule has 6 nitrogen and oxygen atoms in total. The summed E-state index contributed by atoms with van der Waals surface area (Å²) in [7, 11) is 3.54. The van der Waals surface area contributed by atoms with Crippen LogP contribution < -0.4 is 16.0 Å². The Balaban J connectivity index is 1.66. The highest BCUT2D eigenvalue weighted by Crippen LogP contribution is 2.29. The Labute approximate surface area is 220 Å². The minimum Gasteiger partial charge on any atom is -0.483 e. The Hall–Kier alpha value is -2.54. The van der Waals surface area contributed by atoms with Crippen molar-refractivity contribution in [2.24, 2.45) is 5.92 Å². The Morgan fingerprint density at radius 2 is 1.81 bits per heavy atom. The van der Waals surface area contributed by atoms with Gasteiger partial charge >= 0.3 is 0 Å². The molecule has 0 heterocycles. The summed E-state index contributed by atoms with van der Waals surface area (Å²) in [5, 5.41) is 10.2. The number of likely N-dealkylation sites (N-methyl/N-ethyl adjacent to an activating group) is 1. The van der Waals surface area contributed by atoms with Crippen LogP contribution in [0.2, 0.25) is 5.02 Å². The number of amides is 1. The van der Waals surface area contributed by atoms with Crippen molar-refractivity contribution in [3.05, 3.63) is 82.7 Å². The van der Waals surface area contributed by atoms with Crippen LogP contribution in [0.1, 0.15) is 66.1 Å². The van der Waals surface area contributed by atoms with Crippen LogP contribution in [0.25, 0.3) is 0 Å². The first-order valence-corrected chi connectivity index (χ1v) is 13.3. The van der Waals surface area contributed by atoms with Gasteiger partial charge in [0.15, 0.2) is 5.88 Å². The molecular weight excluding hydrogens is 474 g/mol. The van der Waals surface area contributed by atoms with Crippen molar-refractivity contribution in [1.29, 1.82) is 0 Å². The van der Waals surface area contributed by atoms with E-state index in [1.54, 1.807) is 7.11 Å². The lowest BCUT2D eigenvalue weighted by Crippen LogP contribution is -2.40. The second kappa shape index (κ2) is 14.9. The van der Waals surface area contributed by atoms with E-state index >= 15 is 0 Å². The normalized spacial score (nSPS) is 15.6. The highest BCUT2D eigenvalue weighted by Gasteiger charge is 2.20. The number of nitrogens with one attached hydrogen (secondary N) is 3. The molecule has 1 unspecified atom stereocenters. The summed E-state index contributed by atoms with van der Waals surface area (Å²) in [5.41, 5.74) is 2.43. The zero-order valence-corrected chi connectivity index (χ0v) is 22.3. The lowest BCUT2D eigenvalue weighted by atomic mass is 9.85. The van der Waals surface area contributed by atoms with Crippen LogP contribution in [0, 0.1) is 5.92 Å². The van der Waals surface area contributed by atoms with Crippen LogP contribution in [0.3, 0.4) is 0 Å². The van der Waals surface area contributed by atoms with E-state index in [9.17, 15) is 4.79 Å². The van der Waals surface area contributed by atoms with Gasteiger partial charge in [-0.3, -0.25) is 4.79 Å². The van der Waals surface area contributed by atoms with Crippen molar-refractivity contribution in [3.63, 3.8) is 0 Å². The van der Waals surface area contributed by atoms with E-state index in [-0.39, 0.29) is 18.1 Å². The van der Waals surface area contributed by atoms with Gasteiger partial charge in [-0.15, -0.1) is 0 Å². The van der Waals surface area contributed by atoms with E-state index in [2.05, 4.69) is 22.5 Å². The molecule has 0 aromatic heterocycles. The smallest absolute Gasteiger partial charge is 0.251 e. The van der Waals surface area contributed by atoms with Crippen molar-refractivity contribution in [1.82, 2.24) is 16.0 Å². The molecule has 196 valence electrons. The van der Waals surface area contributed by atoms with Gasteiger partial charge in [-0.25, -0.2) is 0 Å². The average Bonchev–Trinajstić information content (AvgIpc) is 2.91. The highest BCUT2D eigenvalue weighted by molar-refractivity contribution is 6.30. The number of methoxy groups -OCH3 is 1. The van der Waals surface area contributed by atoms with Gasteiger partial charge in [-0.2, -0.15) is 0 Å². The standard InChI is InChI=1S/C29H40ClN3O3/c1-21(35-3)32-15-16-36-28(24-12-8-14-26(30)19-24)23-11-7-13-25(18-23)29(34)33-20-27(31-2)17-22-9-5-4-6-10-22/h7-8,11-14,18-19,22,27-28,31-32H,1,4-6,9-10,15-17,20H2,2-3H3,(H,33,34)/t27-,28?/m0/s1. The van der Waals surface area contributed by atoms with Crippen LogP contribution in [0.15, 0.2) is 61.0 Å². The number of rotatable bonds is 14. The molecule has 0 radical (unpaired) electrons. The first kappa shape index (κ1) is 28.0. The van der Waals surface area contributed by atoms with E-state index in [0.29, 0.717) is 36.2 Å². The van der Waals surface area contributed by atoms with Crippen LogP contribution in [-0.4, -0.2) is 45.8 Å². The van der Waals surface area contributed by atoms with Crippen molar-refractivity contribution >= 4 is 17.5 Å². The Bertz CT molecular complexity index is 978. The summed E-state index contributed by atoms with van der Waals surface area (Å²) < 4.78 is 11.3. The molecule has 1 aliphatic rings. The SMILES string of the molecule is C=C(NCCOC(c1cccc(Cl)c1)c1cccc(C(=O)NC[C@H](CC2CCCCC2)NC)c1)OC. The Morgan fingerprint density at radius 3 is 2.50 bits per heavy atom. The highest BCUT2D eigenvalue weighted by atomic mass is 35.5. The van der Waals surface area contributed by atoms with E-state index < -0.39 is 0 Å². The zero-order chi connectivity index (χ0) is 25.8. The third-order valence-corrected chi connectivity index (χ3v) is 7.05. The van der Waals surface area contributed by atoms with E-state index in [1.807, 2.05) is 55.6 Å². The van der Waals surface area contributed by atoms with Gasteiger partial charge in [0, 0.05) is 29.7 Å². The summed E-state index contributed by atoms with van der Waals surface area (Å²) in [6.45, 7) is 5.33. The molecule has 2 aromatic carbocycles. The number of benzene rings is 2. The average molecular weight is 514 g/mol. The molecule has 3 rings (SSSR count). The number of hydrogen-bond donors (Lipinski definition) is 3. The molecule has 1 aliphatic carbocycles. The maximum atomic E-state index is 13.1. The molecule has 1 fully saturated rings. The second-order valence-electron chi connectivity index (χ2n) is 9.42. The van der Waals surface area contributed by atoms with Gasteiger partial charge in [0.2, 0.25) is 0 Å². The summed E-state index contributed by atoms with van der Waals surface area (Å²) in [6, 6.07) is 15.5. The topological polar surface area (TPSA) is 71.6 Å². The summed E-state index contributed by atoms with van der Waals surface area (Å²) in [4.78, 5) is 13.1. The molecule has 0 aliphatic heterocycles. The molecule has 36 heavy (non-hydrogen) atoms. The van der Waals surface area contributed by atoms with E-state index in [1.165, 1.54) is 32.1 Å². The largest absolute Gasteiger partial charge is 0.483 e. The summed E-state index contributed by atoms with van der Waals surface area (Å²) >= 11 is 6.27. The van der Waals surface area contributed by atoms with Gasteiger partial charge in [-0.05, 0) is 61.4 Å². The predicted octanol–water partition coefficient (Wildman–Crippen LogP) is 5.44. The quantitative estimate of drug-likeness (QED) is 0.232. The van der Waals surface area contributed by atoms with Gasteiger partial charge in [0.05, 0.1) is 13.7 Å². The van der Waals surface area contributed by atoms with E-state index in [4.69, 9.17) is 21.1 Å². The minimum atomic E-state index is -0.370. The van der Waals surface area contributed by atoms with Gasteiger partial charge in [-0.1, -0.05) is 68.0 Å². The fraction of sp³-hybridized carbons (Fsp3) is 0.483. The first-order chi connectivity index (χ1) is 17.5. The maximum Gasteiger partial charge on any atom is 0.251 e. The fourth-order valence-corrected chi connectivity index (χ4v) is 4.98. The van der Waals surface area contributed by atoms with Gasteiger partial charge < -0.3 is 25.4 Å². The molecule has 1 amide bonds. The summed E-state index contributed by atoms with van der Waals surface area (Å²) in [5.74, 6) is 1.16. The molecule has 1 saturated carbocycles. The Morgan fingerprint density at radius 1 is 1.08 bits per heavy atom. The molecular formula is C29H40ClN3O3. The van der Waals surface area contributed by atoms with Crippen LogP contribution in [-0.2, 0) is 9.47 Å². The lowest BCUT2D eigenvalue weighted by molar-refractivity contribution is 0.0804. The monoisotopic (exact) mass is 513 g/mol.